The molecule has 1 heterocycles. The molecule has 4 aliphatic rings. The Kier molecular flexibility index (Phi) is 13.7. The molecule has 3 aromatic rings. The Hall–Kier alpha value is -3.34. The van der Waals surface area contributed by atoms with Gasteiger partial charge in [0, 0.05) is 37.3 Å². The van der Waals surface area contributed by atoms with Gasteiger partial charge in [0.05, 0.1) is 52.9 Å². The number of pyridine rings is 1. The van der Waals surface area contributed by atoms with Crippen LogP contribution in [-0.2, 0) is 36.9 Å². The van der Waals surface area contributed by atoms with Gasteiger partial charge in [-0.2, -0.15) is 0 Å². The molecular formula is C41H55N3O6. The average molecular weight is 686 g/mol. The van der Waals surface area contributed by atoms with Crippen molar-refractivity contribution in [2.45, 2.75) is 70.6 Å². The van der Waals surface area contributed by atoms with Crippen molar-refractivity contribution in [2.24, 2.45) is 17.8 Å². The predicted molar refractivity (Wildman–Crippen MR) is 194 cm³/mol. The quantitative estimate of drug-likeness (QED) is 0.120. The summed E-state index contributed by atoms with van der Waals surface area (Å²) in [5.74, 6) is 3.26. The highest BCUT2D eigenvalue weighted by atomic mass is 16.6. The molecule has 0 unspecified atom stereocenters. The van der Waals surface area contributed by atoms with E-state index in [0.717, 1.165) is 35.4 Å². The van der Waals surface area contributed by atoms with Crippen LogP contribution >= 0.6 is 0 Å². The number of aromatic nitrogens is 1. The summed E-state index contributed by atoms with van der Waals surface area (Å²) in [6.07, 6.45) is 9.98. The fraction of sp³-hybridized carbons (Fsp3) is 0.561. The van der Waals surface area contributed by atoms with Crippen LogP contribution in [0.3, 0.4) is 0 Å². The van der Waals surface area contributed by atoms with E-state index >= 15 is 0 Å². The third-order valence-electron chi connectivity index (χ3n) is 10.5. The molecule has 9 nitrogen and oxygen atoms in total. The molecule has 4 aliphatic carbocycles. The molecule has 0 spiro atoms. The number of hydrogen-bond donors (Lipinski definition) is 2. The summed E-state index contributed by atoms with van der Waals surface area (Å²) in [6.45, 7) is 8.18. The van der Waals surface area contributed by atoms with Crippen LogP contribution in [0.1, 0.15) is 61.6 Å². The zero-order chi connectivity index (χ0) is 34.4. The normalized spacial score (nSPS) is 22.1. The predicted octanol–water partition coefficient (Wildman–Crippen LogP) is 6.27. The molecule has 7 rings (SSSR count). The Morgan fingerprint density at radius 3 is 2.04 bits per heavy atom. The molecule has 1 aromatic heterocycles. The summed E-state index contributed by atoms with van der Waals surface area (Å²) in [5.41, 5.74) is 5.98. The van der Waals surface area contributed by atoms with Gasteiger partial charge in [-0.05, 0) is 91.0 Å². The minimum absolute atomic E-state index is 0.0807. The van der Waals surface area contributed by atoms with E-state index in [1.165, 1.54) is 55.2 Å². The summed E-state index contributed by atoms with van der Waals surface area (Å²) in [7, 11) is 0. The van der Waals surface area contributed by atoms with Crippen LogP contribution in [0, 0.1) is 24.7 Å². The number of ether oxygens (including phenoxy) is 5. The second kappa shape index (κ2) is 18.8. The van der Waals surface area contributed by atoms with Gasteiger partial charge in [0.15, 0.2) is 0 Å². The maximum atomic E-state index is 12.6. The third kappa shape index (κ3) is 10.8. The molecule has 1 amide bonds. The number of hydrogen-bond acceptors (Lipinski definition) is 8. The summed E-state index contributed by atoms with van der Waals surface area (Å²) in [5, 5.41) is 6.79. The van der Waals surface area contributed by atoms with Gasteiger partial charge in [0.2, 0.25) is 11.8 Å². The van der Waals surface area contributed by atoms with E-state index in [-0.39, 0.29) is 11.4 Å². The van der Waals surface area contributed by atoms with Crippen LogP contribution < -0.4 is 15.4 Å². The van der Waals surface area contributed by atoms with Gasteiger partial charge in [-0.3, -0.25) is 4.79 Å². The maximum absolute atomic E-state index is 12.6. The van der Waals surface area contributed by atoms with Gasteiger partial charge in [-0.1, -0.05) is 54.6 Å². The first kappa shape index (κ1) is 36.5. The van der Waals surface area contributed by atoms with Crippen LogP contribution in [0.4, 0.5) is 0 Å². The van der Waals surface area contributed by atoms with Gasteiger partial charge in [-0.25, -0.2) is 4.98 Å². The number of nitrogens with zero attached hydrogens (tertiary/aromatic N) is 1. The van der Waals surface area contributed by atoms with E-state index in [0.29, 0.717) is 78.3 Å². The smallest absolute Gasteiger partial charge is 0.222 e. The molecule has 0 radical (unpaired) electrons. The molecule has 50 heavy (non-hydrogen) atoms. The highest BCUT2D eigenvalue weighted by molar-refractivity contribution is 5.77. The van der Waals surface area contributed by atoms with E-state index in [4.69, 9.17) is 23.7 Å². The zero-order valence-electron chi connectivity index (χ0n) is 29.7. The Morgan fingerprint density at radius 2 is 1.40 bits per heavy atom. The molecule has 2 N–H and O–H groups in total. The largest absolute Gasteiger partial charge is 0.473 e. The van der Waals surface area contributed by atoms with Gasteiger partial charge in [-0.15, -0.1) is 0 Å². The van der Waals surface area contributed by atoms with Crippen molar-refractivity contribution in [3.8, 4) is 17.0 Å². The monoisotopic (exact) mass is 685 g/mol. The maximum Gasteiger partial charge on any atom is 0.222 e. The second-order valence-corrected chi connectivity index (χ2v) is 14.4. The Morgan fingerprint density at radius 1 is 0.760 bits per heavy atom. The van der Waals surface area contributed by atoms with Crippen LogP contribution in [0.2, 0.25) is 0 Å². The lowest BCUT2D eigenvalue weighted by molar-refractivity contribution is -0.128. The van der Waals surface area contributed by atoms with Crippen LogP contribution in [0.25, 0.3) is 11.1 Å². The fourth-order valence-electron chi connectivity index (χ4n) is 8.45. The van der Waals surface area contributed by atoms with Crippen molar-refractivity contribution >= 4 is 5.91 Å². The minimum Gasteiger partial charge on any atom is -0.473 e. The molecule has 9 heteroatoms. The van der Waals surface area contributed by atoms with E-state index in [1.54, 1.807) is 0 Å². The van der Waals surface area contributed by atoms with E-state index < -0.39 is 0 Å². The molecule has 0 aliphatic heterocycles. The van der Waals surface area contributed by atoms with E-state index in [1.807, 2.05) is 24.4 Å². The average Bonchev–Trinajstić information content (AvgIpc) is 3.11. The number of nitrogens with one attached hydrogen (secondary N) is 2. The SMILES string of the molecule is Cc1c(COc2ccc(CNCCOCCOCCOCCOCCC(=O)NC34CC5CC(CC(C5)C3)C4)cn2)cccc1-c1ccccc1. The first-order valence-electron chi connectivity index (χ1n) is 18.6. The van der Waals surface area contributed by atoms with E-state index in [9.17, 15) is 4.79 Å². The third-order valence-corrected chi connectivity index (χ3v) is 10.5. The van der Waals surface area contributed by atoms with Crippen LogP contribution in [0.15, 0.2) is 66.9 Å². The van der Waals surface area contributed by atoms with Crippen molar-refractivity contribution < 1.29 is 28.5 Å². The molecule has 4 bridgehead atoms. The number of carbonyl (C=O) groups is 1. The standard InChI is InChI=1S/C41H55N3O6/c1-31-37(8-5-9-38(31)36-6-3-2-4-7-36)30-50-40-11-10-32(29-43-40)28-42-13-15-47-17-19-49-21-20-48-18-16-46-14-12-39(45)44-41-25-33-22-34(26-41)24-35(23-33)27-41/h2-11,29,33-35,42H,12-28,30H2,1H3,(H,44,45). The number of carbonyl (C=O) groups excluding carboxylic acids is 1. The van der Waals surface area contributed by atoms with Crippen molar-refractivity contribution in [1.29, 1.82) is 0 Å². The molecule has 270 valence electrons. The minimum atomic E-state index is 0.0807. The molecule has 4 fully saturated rings. The number of rotatable bonds is 22. The van der Waals surface area contributed by atoms with Crippen molar-refractivity contribution in [2.75, 3.05) is 59.4 Å². The molecule has 2 aromatic carbocycles. The number of amides is 1. The topological polar surface area (TPSA) is 100 Å². The Labute approximate surface area is 297 Å². The first-order valence-corrected chi connectivity index (χ1v) is 18.6. The lowest BCUT2D eigenvalue weighted by Crippen LogP contribution is -2.59. The van der Waals surface area contributed by atoms with E-state index in [2.05, 4.69) is 65.0 Å². The summed E-state index contributed by atoms with van der Waals surface area (Å²) < 4.78 is 28.5. The molecule has 0 saturated heterocycles. The summed E-state index contributed by atoms with van der Waals surface area (Å²) in [6, 6.07) is 20.7. The highest BCUT2D eigenvalue weighted by Crippen LogP contribution is 2.55. The summed E-state index contributed by atoms with van der Waals surface area (Å²) in [4.78, 5) is 17.1. The fourth-order valence-corrected chi connectivity index (χ4v) is 8.45. The number of benzene rings is 2. The highest BCUT2D eigenvalue weighted by Gasteiger charge is 2.51. The van der Waals surface area contributed by atoms with Gasteiger partial charge in [0.1, 0.15) is 6.61 Å². The van der Waals surface area contributed by atoms with Gasteiger partial charge in [0.25, 0.3) is 0 Å². The van der Waals surface area contributed by atoms with Crippen LogP contribution in [0.5, 0.6) is 5.88 Å². The lowest BCUT2D eigenvalue weighted by atomic mass is 9.53. The van der Waals surface area contributed by atoms with Gasteiger partial charge < -0.3 is 34.3 Å². The van der Waals surface area contributed by atoms with Crippen LogP contribution in [-0.4, -0.2) is 75.8 Å². The molecule has 4 saturated carbocycles. The van der Waals surface area contributed by atoms with Crippen molar-refractivity contribution in [3.63, 3.8) is 0 Å². The Bertz CT molecular complexity index is 1430. The zero-order valence-corrected chi connectivity index (χ0v) is 29.7. The first-order chi connectivity index (χ1) is 24.6. The van der Waals surface area contributed by atoms with Crippen molar-refractivity contribution in [3.05, 3.63) is 83.6 Å². The van der Waals surface area contributed by atoms with Crippen molar-refractivity contribution in [1.82, 2.24) is 15.6 Å². The molecule has 0 atom stereocenters. The lowest BCUT2D eigenvalue weighted by Gasteiger charge is -2.56. The van der Waals surface area contributed by atoms with Gasteiger partial charge >= 0.3 is 0 Å². The second-order valence-electron chi connectivity index (χ2n) is 14.4. The molecular weight excluding hydrogens is 630 g/mol. The Balaban J connectivity index is 0.714. The summed E-state index contributed by atoms with van der Waals surface area (Å²) >= 11 is 0.